The molecule has 0 saturated heterocycles. The van der Waals surface area contributed by atoms with E-state index in [-0.39, 0.29) is 11.5 Å². The first kappa shape index (κ1) is 13.0. The summed E-state index contributed by atoms with van der Waals surface area (Å²) in [5.41, 5.74) is 3.21. The highest BCUT2D eigenvalue weighted by Crippen LogP contribution is 2.41. The number of nitrogens with zero attached hydrogens (tertiary/aromatic N) is 1. The molecular weight excluding hydrogens is 322 g/mol. The van der Waals surface area contributed by atoms with E-state index in [1.807, 2.05) is 13.0 Å². The summed E-state index contributed by atoms with van der Waals surface area (Å²) in [4.78, 5) is 4.55. The van der Waals surface area contributed by atoms with Gasteiger partial charge in [0.15, 0.2) is 5.75 Å². The van der Waals surface area contributed by atoms with E-state index in [1.54, 1.807) is 24.3 Å². The number of aromatic hydroxyl groups is 2. The molecule has 102 valence electrons. The van der Waals surface area contributed by atoms with Crippen LogP contribution in [0.2, 0.25) is 0 Å². The van der Waals surface area contributed by atoms with E-state index in [2.05, 4.69) is 20.9 Å². The molecule has 0 saturated carbocycles. The average molecular weight is 334 g/mol. The zero-order valence-corrected chi connectivity index (χ0v) is 12.3. The molecule has 0 atom stereocenters. The Morgan fingerprint density at radius 2 is 1.95 bits per heavy atom. The van der Waals surface area contributed by atoms with Crippen molar-refractivity contribution >= 4 is 27.3 Å². The standard InChI is InChI=1S/C15H12BrNO3/c1-8-4-9(18)2-3-11(8)14-7-20-15-12(16)5-10(19)6-13(15)17-14/h2-6,18-19H,7H2,1H3. The Balaban J connectivity index is 2.10. The Bertz CT molecular complexity index is 725. The molecule has 3 rings (SSSR count). The molecule has 0 fully saturated rings. The van der Waals surface area contributed by atoms with Gasteiger partial charge in [-0.2, -0.15) is 0 Å². The minimum absolute atomic E-state index is 0.131. The van der Waals surface area contributed by atoms with Crippen LogP contribution < -0.4 is 4.74 Å². The number of phenols is 2. The molecule has 1 aliphatic rings. The van der Waals surface area contributed by atoms with Gasteiger partial charge in [0.25, 0.3) is 0 Å². The van der Waals surface area contributed by atoms with Crippen molar-refractivity contribution in [1.29, 1.82) is 0 Å². The first-order valence-electron chi connectivity index (χ1n) is 6.07. The number of phenolic OH excluding ortho intramolecular Hbond substituents is 2. The third kappa shape index (κ3) is 2.25. The van der Waals surface area contributed by atoms with E-state index in [0.29, 0.717) is 22.5 Å². The third-order valence-corrected chi connectivity index (χ3v) is 3.73. The van der Waals surface area contributed by atoms with Crippen LogP contribution in [0.1, 0.15) is 11.1 Å². The molecule has 0 unspecified atom stereocenters. The normalized spacial score (nSPS) is 13.4. The quantitative estimate of drug-likeness (QED) is 0.836. The van der Waals surface area contributed by atoms with Gasteiger partial charge in [0.1, 0.15) is 23.8 Å². The highest BCUT2D eigenvalue weighted by Gasteiger charge is 2.19. The Morgan fingerprint density at radius 1 is 1.15 bits per heavy atom. The van der Waals surface area contributed by atoms with E-state index in [0.717, 1.165) is 16.8 Å². The van der Waals surface area contributed by atoms with Gasteiger partial charge in [0.05, 0.1) is 10.2 Å². The largest absolute Gasteiger partial charge is 0.508 e. The molecule has 2 aromatic rings. The molecule has 4 nitrogen and oxygen atoms in total. The van der Waals surface area contributed by atoms with Gasteiger partial charge in [-0.15, -0.1) is 0 Å². The first-order chi connectivity index (χ1) is 9.54. The van der Waals surface area contributed by atoms with Crippen LogP contribution in [0.4, 0.5) is 5.69 Å². The maximum absolute atomic E-state index is 9.63. The predicted molar refractivity (Wildman–Crippen MR) is 80.3 cm³/mol. The summed E-state index contributed by atoms with van der Waals surface area (Å²) in [6, 6.07) is 8.26. The summed E-state index contributed by atoms with van der Waals surface area (Å²) >= 11 is 3.35. The number of hydrogen-bond donors (Lipinski definition) is 2. The summed E-state index contributed by atoms with van der Waals surface area (Å²) in [5.74, 6) is 0.985. The third-order valence-electron chi connectivity index (χ3n) is 3.14. The van der Waals surface area contributed by atoms with E-state index in [9.17, 15) is 10.2 Å². The van der Waals surface area contributed by atoms with Crippen LogP contribution in [0.25, 0.3) is 0 Å². The number of fused-ring (bicyclic) bond motifs is 1. The monoisotopic (exact) mass is 333 g/mol. The van der Waals surface area contributed by atoms with Crippen molar-refractivity contribution in [2.24, 2.45) is 4.99 Å². The number of benzene rings is 2. The summed E-state index contributed by atoms with van der Waals surface area (Å²) in [6.45, 7) is 2.26. The van der Waals surface area contributed by atoms with Gasteiger partial charge in [-0.05, 0) is 52.7 Å². The van der Waals surface area contributed by atoms with Crippen LogP contribution in [0, 0.1) is 6.92 Å². The lowest BCUT2D eigenvalue weighted by Crippen LogP contribution is -2.17. The molecule has 0 amide bonds. The van der Waals surface area contributed by atoms with Crippen LogP contribution >= 0.6 is 15.9 Å². The van der Waals surface area contributed by atoms with Crippen molar-refractivity contribution in [2.45, 2.75) is 6.92 Å². The molecule has 0 aliphatic carbocycles. The van der Waals surface area contributed by atoms with E-state index < -0.39 is 0 Å². The van der Waals surface area contributed by atoms with Gasteiger partial charge < -0.3 is 14.9 Å². The lowest BCUT2D eigenvalue weighted by molar-refractivity contribution is 0.369. The van der Waals surface area contributed by atoms with Gasteiger partial charge in [-0.25, -0.2) is 4.99 Å². The molecule has 0 aromatic heterocycles. The fraction of sp³-hybridized carbons (Fsp3) is 0.133. The lowest BCUT2D eigenvalue weighted by atomic mass is 10.0. The van der Waals surface area contributed by atoms with Crippen LogP contribution in [-0.4, -0.2) is 22.5 Å². The molecule has 0 spiro atoms. The topological polar surface area (TPSA) is 62.1 Å². The minimum Gasteiger partial charge on any atom is -0.508 e. The van der Waals surface area contributed by atoms with Gasteiger partial charge in [0, 0.05) is 11.6 Å². The molecular formula is C15H12BrNO3. The highest BCUT2D eigenvalue weighted by molar-refractivity contribution is 9.10. The predicted octanol–water partition coefficient (Wildman–Crippen LogP) is 3.68. The van der Waals surface area contributed by atoms with Crippen LogP contribution in [0.5, 0.6) is 17.2 Å². The maximum Gasteiger partial charge on any atom is 0.159 e. The van der Waals surface area contributed by atoms with Crippen molar-refractivity contribution in [3.05, 3.63) is 45.9 Å². The summed E-state index contributed by atoms with van der Waals surface area (Å²) in [7, 11) is 0. The second-order valence-corrected chi connectivity index (χ2v) is 5.48. The summed E-state index contributed by atoms with van der Waals surface area (Å²) in [5, 5.41) is 19.1. The molecule has 20 heavy (non-hydrogen) atoms. The molecule has 5 heteroatoms. The van der Waals surface area contributed by atoms with E-state index >= 15 is 0 Å². The molecule has 2 aromatic carbocycles. The van der Waals surface area contributed by atoms with Gasteiger partial charge in [0.2, 0.25) is 0 Å². The van der Waals surface area contributed by atoms with Crippen molar-refractivity contribution in [3.63, 3.8) is 0 Å². The zero-order valence-electron chi connectivity index (χ0n) is 10.7. The number of halogens is 1. The Labute approximate surface area is 124 Å². The summed E-state index contributed by atoms with van der Waals surface area (Å²) in [6.07, 6.45) is 0. The second-order valence-electron chi connectivity index (χ2n) is 4.62. The minimum atomic E-state index is 0.131. The number of ether oxygens (including phenoxy) is 1. The molecule has 1 heterocycles. The Kier molecular flexibility index (Phi) is 3.14. The highest BCUT2D eigenvalue weighted by atomic mass is 79.9. The van der Waals surface area contributed by atoms with Crippen molar-refractivity contribution < 1.29 is 14.9 Å². The fourth-order valence-corrected chi connectivity index (χ4v) is 2.77. The van der Waals surface area contributed by atoms with E-state index in [1.165, 1.54) is 0 Å². The molecule has 0 radical (unpaired) electrons. The van der Waals surface area contributed by atoms with E-state index in [4.69, 9.17) is 4.74 Å². The van der Waals surface area contributed by atoms with Crippen LogP contribution in [0.15, 0.2) is 39.8 Å². The SMILES string of the molecule is Cc1cc(O)ccc1C1=Nc2cc(O)cc(Br)c2OC1. The van der Waals surface area contributed by atoms with Crippen LogP contribution in [0.3, 0.4) is 0 Å². The lowest BCUT2D eigenvalue weighted by Gasteiger charge is -2.19. The Hall–Kier alpha value is -2.01. The fourth-order valence-electron chi connectivity index (χ4n) is 2.22. The van der Waals surface area contributed by atoms with Gasteiger partial charge in [-0.3, -0.25) is 0 Å². The molecule has 0 bridgehead atoms. The number of aryl methyl sites for hydroxylation is 1. The maximum atomic E-state index is 9.63. The Morgan fingerprint density at radius 3 is 2.70 bits per heavy atom. The number of rotatable bonds is 1. The molecule has 2 N–H and O–H groups in total. The van der Waals surface area contributed by atoms with Gasteiger partial charge in [-0.1, -0.05) is 0 Å². The first-order valence-corrected chi connectivity index (χ1v) is 6.87. The van der Waals surface area contributed by atoms with Crippen LogP contribution in [-0.2, 0) is 0 Å². The van der Waals surface area contributed by atoms with Crippen molar-refractivity contribution in [2.75, 3.05) is 6.61 Å². The van der Waals surface area contributed by atoms with Crippen molar-refractivity contribution in [1.82, 2.24) is 0 Å². The average Bonchev–Trinajstić information content (AvgIpc) is 2.37. The number of aliphatic imine (C=N–C) groups is 1. The number of hydrogen-bond acceptors (Lipinski definition) is 4. The summed E-state index contributed by atoms with van der Waals surface area (Å²) < 4.78 is 6.39. The molecule has 1 aliphatic heterocycles. The van der Waals surface area contributed by atoms with Crippen molar-refractivity contribution in [3.8, 4) is 17.2 Å². The zero-order chi connectivity index (χ0) is 14.3. The smallest absolute Gasteiger partial charge is 0.159 e. The second kappa shape index (κ2) is 4.83. The van der Waals surface area contributed by atoms with Gasteiger partial charge >= 0.3 is 0 Å².